The number of carbonyl (C=O) groups excluding carboxylic acids is 2. The Balaban J connectivity index is 2.40. The summed E-state index contributed by atoms with van der Waals surface area (Å²) in [7, 11) is 0. The van der Waals surface area contributed by atoms with Crippen molar-refractivity contribution in [1.82, 2.24) is 0 Å². The normalized spacial score (nSPS) is 20.1. The Kier molecular flexibility index (Phi) is 16.3. The molecule has 6 nitrogen and oxygen atoms in total. The summed E-state index contributed by atoms with van der Waals surface area (Å²) in [5, 5.41) is 0. The first-order chi connectivity index (χ1) is 17.5. The van der Waals surface area contributed by atoms with Crippen LogP contribution in [0.25, 0.3) is 0 Å². The summed E-state index contributed by atoms with van der Waals surface area (Å²) in [5.41, 5.74) is -0.904. The summed E-state index contributed by atoms with van der Waals surface area (Å²) in [6, 6.07) is 0. The van der Waals surface area contributed by atoms with Crippen molar-refractivity contribution >= 4 is 11.9 Å². The lowest BCUT2D eigenvalue weighted by molar-refractivity contribution is -0.329. The van der Waals surface area contributed by atoms with Gasteiger partial charge in [-0.3, -0.25) is 9.78 Å². The van der Waals surface area contributed by atoms with Gasteiger partial charge in [0.1, 0.15) is 11.2 Å². The van der Waals surface area contributed by atoms with E-state index >= 15 is 0 Å². The van der Waals surface area contributed by atoms with E-state index < -0.39 is 11.2 Å². The highest BCUT2D eigenvalue weighted by molar-refractivity contribution is 5.72. The zero-order chi connectivity index (χ0) is 27.7. The molecule has 3 atom stereocenters. The van der Waals surface area contributed by atoms with Crippen molar-refractivity contribution in [1.29, 1.82) is 0 Å². The third-order valence-corrected chi connectivity index (χ3v) is 7.77. The van der Waals surface area contributed by atoms with Gasteiger partial charge >= 0.3 is 11.9 Å². The van der Waals surface area contributed by atoms with Crippen LogP contribution in [-0.4, -0.2) is 23.1 Å². The first-order valence-corrected chi connectivity index (χ1v) is 15.0. The van der Waals surface area contributed by atoms with E-state index in [1.807, 2.05) is 41.5 Å². The molecule has 0 saturated heterocycles. The molecule has 0 N–H and O–H groups in total. The number of carbonyl (C=O) groups is 2. The smallest absolute Gasteiger partial charge is 0.298 e. The van der Waals surface area contributed by atoms with Gasteiger partial charge in [-0.15, -0.1) is 0 Å². The Morgan fingerprint density at radius 3 is 1.95 bits per heavy atom. The molecule has 6 heteroatoms. The zero-order valence-electron chi connectivity index (χ0n) is 24.9. The highest BCUT2D eigenvalue weighted by atomic mass is 17.2. The lowest BCUT2D eigenvalue weighted by Gasteiger charge is -2.31. The van der Waals surface area contributed by atoms with Gasteiger partial charge in [0.05, 0.1) is 5.92 Å². The van der Waals surface area contributed by atoms with E-state index in [0.717, 1.165) is 70.6 Å². The van der Waals surface area contributed by atoms with Gasteiger partial charge in [0.25, 0.3) is 0 Å². The predicted molar refractivity (Wildman–Crippen MR) is 148 cm³/mol. The van der Waals surface area contributed by atoms with Crippen molar-refractivity contribution in [2.24, 2.45) is 17.8 Å². The van der Waals surface area contributed by atoms with Crippen LogP contribution < -0.4 is 0 Å². The van der Waals surface area contributed by atoms with Crippen LogP contribution in [0.1, 0.15) is 145 Å². The highest BCUT2D eigenvalue weighted by Gasteiger charge is 2.34. The van der Waals surface area contributed by atoms with E-state index in [1.165, 1.54) is 19.3 Å². The molecule has 1 aliphatic rings. The Bertz CT molecular complexity index is 669. The number of hydrogen-bond acceptors (Lipinski definition) is 6. The molecule has 216 valence electrons. The Morgan fingerprint density at radius 2 is 1.30 bits per heavy atom. The second-order valence-corrected chi connectivity index (χ2v) is 12.1. The maximum Gasteiger partial charge on any atom is 0.346 e. The van der Waals surface area contributed by atoms with Gasteiger partial charge in [-0.1, -0.05) is 84.3 Å². The summed E-state index contributed by atoms with van der Waals surface area (Å²) in [6.07, 6.45) is 19.5. The fourth-order valence-corrected chi connectivity index (χ4v) is 4.34. The Hall–Kier alpha value is -1.40. The molecule has 0 fully saturated rings. The summed E-state index contributed by atoms with van der Waals surface area (Å²) in [6.45, 7) is 13.9. The molecule has 0 radical (unpaired) electrons. The first-order valence-electron chi connectivity index (χ1n) is 15.0. The van der Waals surface area contributed by atoms with Crippen LogP contribution in [0.5, 0.6) is 0 Å². The number of hydrogen-bond donors (Lipinski definition) is 0. The molecule has 0 aromatic carbocycles. The summed E-state index contributed by atoms with van der Waals surface area (Å²) in [4.78, 5) is 45.8. The van der Waals surface area contributed by atoms with Gasteiger partial charge in [0.15, 0.2) is 0 Å². The molecule has 1 rings (SSSR count). The fourth-order valence-electron chi connectivity index (χ4n) is 4.34. The van der Waals surface area contributed by atoms with Crippen molar-refractivity contribution in [2.45, 2.75) is 156 Å². The molecule has 3 unspecified atom stereocenters. The minimum absolute atomic E-state index is 0.129. The highest BCUT2D eigenvalue weighted by Crippen LogP contribution is 2.35. The van der Waals surface area contributed by atoms with Crippen LogP contribution in [0.2, 0.25) is 0 Å². The molecule has 0 amide bonds. The SMILES string of the molecule is CCCCCCC1C=CC(CCCCCCCC(=O)OOC(C)(C)CC)CC1C(=O)OOC(C)(C)CC. The molecule has 1 aliphatic carbocycles. The largest absolute Gasteiger partial charge is 0.346 e. The summed E-state index contributed by atoms with van der Waals surface area (Å²) in [5.74, 6) is 0.00496. The maximum atomic E-state index is 13.0. The van der Waals surface area contributed by atoms with Crippen molar-refractivity contribution in [3.05, 3.63) is 12.2 Å². The Morgan fingerprint density at radius 1 is 0.730 bits per heavy atom. The maximum absolute atomic E-state index is 13.0. The second kappa shape index (κ2) is 18.0. The summed E-state index contributed by atoms with van der Waals surface area (Å²) < 4.78 is 0. The fraction of sp³-hybridized carbons (Fsp3) is 0.871. The van der Waals surface area contributed by atoms with Crippen LogP contribution in [0.3, 0.4) is 0 Å². The molecule has 0 aromatic rings. The van der Waals surface area contributed by atoms with Gasteiger partial charge < -0.3 is 0 Å². The summed E-state index contributed by atoms with van der Waals surface area (Å²) >= 11 is 0. The minimum atomic E-state index is -0.466. The van der Waals surface area contributed by atoms with Crippen LogP contribution in [-0.2, 0) is 29.1 Å². The van der Waals surface area contributed by atoms with E-state index in [4.69, 9.17) is 19.6 Å². The van der Waals surface area contributed by atoms with Gasteiger partial charge in [0, 0.05) is 6.42 Å². The van der Waals surface area contributed by atoms with Crippen molar-refractivity contribution in [3.8, 4) is 0 Å². The van der Waals surface area contributed by atoms with Gasteiger partial charge in [0.2, 0.25) is 0 Å². The average Bonchev–Trinajstić information content (AvgIpc) is 2.88. The predicted octanol–water partition coefficient (Wildman–Crippen LogP) is 8.82. The molecular formula is C31H56O6. The van der Waals surface area contributed by atoms with Crippen molar-refractivity contribution < 1.29 is 29.1 Å². The molecule has 0 bridgehead atoms. The van der Waals surface area contributed by atoms with E-state index in [1.54, 1.807) is 0 Å². The monoisotopic (exact) mass is 524 g/mol. The van der Waals surface area contributed by atoms with Gasteiger partial charge in [-0.25, -0.2) is 9.59 Å². The van der Waals surface area contributed by atoms with Crippen molar-refractivity contribution in [2.75, 3.05) is 0 Å². The standard InChI is InChI=1S/C31H56O6/c1-8-11-12-17-20-26-23-22-25(24-27(26)29(33)35-37-31(6,7)10-3)19-16-14-13-15-18-21-28(32)34-36-30(4,5)9-2/h22-23,25-27H,8-21,24H2,1-7H3. The van der Waals surface area contributed by atoms with Crippen LogP contribution in [0.15, 0.2) is 12.2 Å². The number of unbranched alkanes of at least 4 members (excludes halogenated alkanes) is 7. The molecular weight excluding hydrogens is 468 g/mol. The lowest BCUT2D eigenvalue weighted by Crippen LogP contribution is -2.33. The molecule has 0 aromatic heterocycles. The first kappa shape index (κ1) is 33.6. The third-order valence-electron chi connectivity index (χ3n) is 7.77. The van der Waals surface area contributed by atoms with E-state index in [9.17, 15) is 9.59 Å². The molecule has 37 heavy (non-hydrogen) atoms. The van der Waals surface area contributed by atoms with Gasteiger partial charge in [-0.05, 0) is 78.1 Å². The zero-order valence-corrected chi connectivity index (χ0v) is 24.9. The topological polar surface area (TPSA) is 71.1 Å². The second-order valence-electron chi connectivity index (χ2n) is 12.1. The quantitative estimate of drug-likeness (QED) is 0.0685. The molecule has 0 spiro atoms. The van der Waals surface area contributed by atoms with Crippen LogP contribution in [0, 0.1) is 17.8 Å². The molecule has 0 aliphatic heterocycles. The van der Waals surface area contributed by atoms with Crippen LogP contribution >= 0.6 is 0 Å². The Labute approximate surface area is 227 Å². The lowest BCUT2D eigenvalue weighted by atomic mass is 9.75. The molecule has 0 heterocycles. The third kappa shape index (κ3) is 14.9. The van der Waals surface area contributed by atoms with E-state index in [-0.39, 0.29) is 23.8 Å². The molecule has 0 saturated carbocycles. The van der Waals surface area contributed by atoms with Gasteiger partial charge in [-0.2, -0.15) is 9.78 Å². The van der Waals surface area contributed by atoms with Crippen molar-refractivity contribution in [3.63, 3.8) is 0 Å². The number of rotatable bonds is 20. The van der Waals surface area contributed by atoms with Crippen LogP contribution in [0.4, 0.5) is 0 Å². The van der Waals surface area contributed by atoms with E-state index in [2.05, 4.69) is 19.1 Å². The van der Waals surface area contributed by atoms with E-state index in [0.29, 0.717) is 12.3 Å². The average molecular weight is 525 g/mol. The number of allylic oxidation sites excluding steroid dienone is 2. The minimum Gasteiger partial charge on any atom is -0.298 e.